The van der Waals surface area contributed by atoms with Crippen molar-refractivity contribution in [2.75, 3.05) is 70.1 Å². The second-order valence-electron chi connectivity index (χ2n) is 19.0. The largest absolute Gasteiger partial charge is 0.612 e. The van der Waals surface area contributed by atoms with E-state index in [0.717, 1.165) is 63.3 Å². The Morgan fingerprint density at radius 3 is 1.63 bits per heavy atom. The lowest BCUT2D eigenvalue weighted by atomic mass is 9.96. The van der Waals surface area contributed by atoms with E-state index in [4.69, 9.17) is 4.74 Å². The van der Waals surface area contributed by atoms with Crippen LogP contribution >= 0.6 is 0 Å². The van der Waals surface area contributed by atoms with Gasteiger partial charge in [0.1, 0.15) is 16.9 Å². The molecule has 9 nitrogen and oxygen atoms in total. The number of piperidine rings is 2. The van der Waals surface area contributed by atoms with Crippen LogP contribution in [-0.2, 0) is 21.0 Å². The van der Waals surface area contributed by atoms with Gasteiger partial charge in [-0.2, -0.15) is 0 Å². The van der Waals surface area contributed by atoms with E-state index in [-0.39, 0.29) is 9.79 Å². The SMILES string of the molecule is CCCCCCCCCCCCCCCCCCOc1ccc(S(=O)(=O)c2cnc3ccc([S@@+](C)[O-])cc3c2N2CCC(N3CCC(N4CCN(C5CC5)CC4)CC3)CC2)cc1. The molecular weight excluding hydrogens is 811 g/mol. The molecule has 3 saturated heterocycles. The van der Waals surface area contributed by atoms with Gasteiger partial charge in [0.15, 0.2) is 4.90 Å². The van der Waals surface area contributed by atoms with Crippen molar-refractivity contribution < 1.29 is 17.7 Å². The third-order valence-electron chi connectivity index (χ3n) is 14.5. The summed E-state index contributed by atoms with van der Waals surface area (Å²) in [5.74, 6) is 0.694. The molecule has 1 saturated carbocycles. The van der Waals surface area contributed by atoms with Crippen LogP contribution in [0.2, 0.25) is 0 Å². The van der Waals surface area contributed by atoms with E-state index in [1.54, 1.807) is 36.7 Å². The number of likely N-dealkylation sites (tertiary alicyclic amines) is 1. The number of anilines is 1. The summed E-state index contributed by atoms with van der Waals surface area (Å²) < 4.78 is 47.8. The highest BCUT2D eigenvalue weighted by atomic mass is 32.2. The lowest BCUT2D eigenvalue weighted by Crippen LogP contribution is -2.55. The van der Waals surface area contributed by atoms with E-state index >= 15 is 0 Å². The maximum absolute atomic E-state index is 14.5. The summed E-state index contributed by atoms with van der Waals surface area (Å²) in [5, 5.41) is 0.749. The van der Waals surface area contributed by atoms with Crippen LogP contribution in [0.15, 0.2) is 63.3 Å². The minimum atomic E-state index is -3.92. The number of ether oxygens (including phenoxy) is 1. The number of hydrogen-bond donors (Lipinski definition) is 0. The zero-order valence-electron chi connectivity index (χ0n) is 38.5. The fraction of sp³-hybridized carbons (Fsp3) is 0.706. The molecule has 0 bridgehead atoms. The Kier molecular flexibility index (Phi) is 18.6. The van der Waals surface area contributed by atoms with Gasteiger partial charge in [0, 0.05) is 75.0 Å². The Hall–Kier alpha value is -2.41. The van der Waals surface area contributed by atoms with Crippen LogP contribution < -0.4 is 9.64 Å². The van der Waals surface area contributed by atoms with Gasteiger partial charge in [-0.25, -0.2) is 8.42 Å². The molecule has 344 valence electrons. The molecule has 0 radical (unpaired) electrons. The standard InChI is InChI=1S/C51H79N5O4S2/c1-3-4-5-6-7-8-9-10-11-12-13-14-15-16-17-18-39-60-45-21-24-47(25-22-45)62(58,59)50-41-52-49-26-23-46(61(2)57)40-48(49)51(50)56-33-29-43(30-34-56)53-31-27-44(28-32-53)55-37-35-54(36-38-55)42-19-20-42/h21-26,40-44H,3-20,27-39H2,1-2H3/t61-/m1/s1. The van der Waals surface area contributed by atoms with Gasteiger partial charge in [-0.05, 0) is 106 Å². The first-order valence-corrected chi connectivity index (χ1v) is 28.1. The number of fused-ring (bicyclic) bond motifs is 1. The van der Waals surface area contributed by atoms with E-state index in [1.807, 2.05) is 18.2 Å². The van der Waals surface area contributed by atoms with Crippen molar-refractivity contribution in [2.45, 2.75) is 181 Å². The molecule has 11 heteroatoms. The van der Waals surface area contributed by atoms with Gasteiger partial charge in [0.2, 0.25) is 9.84 Å². The van der Waals surface area contributed by atoms with Crippen LogP contribution in [0.3, 0.4) is 0 Å². The van der Waals surface area contributed by atoms with Crippen molar-refractivity contribution in [3.05, 3.63) is 48.7 Å². The Labute approximate surface area is 378 Å². The van der Waals surface area contributed by atoms with Crippen LogP contribution in [0.4, 0.5) is 5.69 Å². The van der Waals surface area contributed by atoms with E-state index < -0.39 is 21.0 Å². The first kappa shape index (κ1) is 47.5. The fourth-order valence-corrected chi connectivity index (χ4v) is 12.5. The molecule has 62 heavy (non-hydrogen) atoms. The Morgan fingerprint density at radius 1 is 0.629 bits per heavy atom. The van der Waals surface area contributed by atoms with Crippen LogP contribution in [0, 0.1) is 0 Å². The number of piperazine rings is 1. The van der Waals surface area contributed by atoms with Crippen LogP contribution in [0.25, 0.3) is 10.9 Å². The van der Waals surface area contributed by atoms with Crippen molar-refractivity contribution in [3.63, 3.8) is 0 Å². The minimum Gasteiger partial charge on any atom is -0.612 e. The molecule has 1 aliphatic carbocycles. The summed E-state index contributed by atoms with van der Waals surface area (Å²) in [6, 6.07) is 14.6. The second kappa shape index (κ2) is 24.2. The number of hydrogen-bond acceptors (Lipinski definition) is 9. The number of nitrogens with zero attached hydrogens (tertiary/aromatic N) is 5. The van der Waals surface area contributed by atoms with Gasteiger partial charge in [0.25, 0.3) is 0 Å². The normalized spacial score (nSPS) is 19.7. The summed E-state index contributed by atoms with van der Waals surface area (Å²) in [7, 11) is -3.92. The van der Waals surface area contributed by atoms with Crippen LogP contribution in [-0.4, -0.2) is 116 Å². The number of pyridine rings is 1. The van der Waals surface area contributed by atoms with Crippen LogP contribution in [0.5, 0.6) is 5.75 Å². The molecule has 4 aliphatic rings. The number of rotatable bonds is 25. The number of benzene rings is 2. The maximum atomic E-state index is 14.5. The van der Waals surface area contributed by atoms with E-state index in [2.05, 4.69) is 31.5 Å². The molecule has 1 atom stereocenters. The molecule has 0 amide bonds. The monoisotopic (exact) mass is 890 g/mol. The molecule has 1 aromatic heterocycles. The van der Waals surface area contributed by atoms with E-state index in [1.165, 1.54) is 142 Å². The van der Waals surface area contributed by atoms with Crippen molar-refractivity contribution in [2.24, 2.45) is 0 Å². The molecule has 4 heterocycles. The number of aromatic nitrogens is 1. The fourth-order valence-electron chi connectivity index (χ4n) is 10.5. The molecule has 0 unspecified atom stereocenters. The zero-order chi connectivity index (χ0) is 43.2. The molecule has 3 aliphatic heterocycles. The third-order valence-corrected chi connectivity index (χ3v) is 17.2. The maximum Gasteiger partial charge on any atom is 0.210 e. The highest BCUT2D eigenvalue weighted by Gasteiger charge is 2.36. The summed E-state index contributed by atoms with van der Waals surface area (Å²) in [4.78, 5) is 16.2. The summed E-state index contributed by atoms with van der Waals surface area (Å²) in [6.07, 6.45) is 31.8. The third kappa shape index (κ3) is 13.3. The number of unbranched alkanes of at least 4 members (excludes halogenated alkanes) is 15. The highest BCUT2D eigenvalue weighted by molar-refractivity contribution is 7.91. The molecule has 0 N–H and O–H groups in total. The van der Waals surface area contributed by atoms with Gasteiger partial charge in [0.05, 0.1) is 22.7 Å². The van der Waals surface area contributed by atoms with Crippen molar-refractivity contribution in [3.8, 4) is 5.75 Å². The van der Waals surface area contributed by atoms with E-state index in [9.17, 15) is 13.0 Å². The Balaban J connectivity index is 0.877. The molecule has 2 aromatic carbocycles. The molecule has 7 rings (SSSR count). The predicted octanol–water partition coefficient (Wildman–Crippen LogP) is 10.7. The van der Waals surface area contributed by atoms with Crippen molar-refractivity contribution >= 4 is 37.6 Å². The van der Waals surface area contributed by atoms with Gasteiger partial charge in [-0.15, -0.1) is 0 Å². The Morgan fingerprint density at radius 2 is 1.11 bits per heavy atom. The van der Waals surface area contributed by atoms with Crippen LogP contribution in [0.1, 0.15) is 148 Å². The van der Waals surface area contributed by atoms with Gasteiger partial charge < -0.3 is 19.1 Å². The smallest absolute Gasteiger partial charge is 0.210 e. The highest BCUT2D eigenvalue weighted by Crippen LogP contribution is 2.39. The van der Waals surface area contributed by atoms with Gasteiger partial charge >= 0.3 is 0 Å². The lowest BCUT2D eigenvalue weighted by molar-refractivity contribution is 0.0416. The molecule has 3 aromatic rings. The minimum absolute atomic E-state index is 0.215. The quantitative estimate of drug-likeness (QED) is 0.0609. The molecular formula is C51H79N5O4S2. The first-order valence-electron chi connectivity index (χ1n) is 25.0. The van der Waals surface area contributed by atoms with Crippen molar-refractivity contribution in [1.82, 2.24) is 19.7 Å². The van der Waals surface area contributed by atoms with E-state index in [0.29, 0.717) is 40.5 Å². The topological polar surface area (TPSA) is 92.3 Å². The van der Waals surface area contributed by atoms with Crippen molar-refractivity contribution in [1.29, 1.82) is 0 Å². The van der Waals surface area contributed by atoms with Gasteiger partial charge in [-0.1, -0.05) is 103 Å². The second-order valence-corrected chi connectivity index (χ2v) is 22.3. The average Bonchev–Trinajstić information content (AvgIpc) is 4.16. The molecule has 4 fully saturated rings. The summed E-state index contributed by atoms with van der Waals surface area (Å²) in [6.45, 7) is 11.6. The van der Waals surface area contributed by atoms with Gasteiger partial charge in [-0.3, -0.25) is 14.8 Å². The lowest BCUT2D eigenvalue weighted by Gasteiger charge is -2.46. The summed E-state index contributed by atoms with van der Waals surface area (Å²) >= 11 is -1.21. The zero-order valence-corrected chi connectivity index (χ0v) is 40.1. The number of sulfone groups is 1. The first-order chi connectivity index (χ1) is 30.3. The average molecular weight is 890 g/mol. The molecule has 0 spiro atoms. The predicted molar refractivity (Wildman–Crippen MR) is 257 cm³/mol. The Bertz CT molecular complexity index is 1880. The summed E-state index contributed by atoms with van der Waals surface area (Å²) in [5.41, 5.74) is 1.40.